The van der Waals surface area contributed by atoms with Crippen LogP contribution in [-0.2, 0) is 0 Å². The second-order valence-corrected chi connectivity index (χ2v) is 1.50. The molecule has 0 aliphatic heterocycles. The van der Waals surface area contributed by atoms with Crippen LogP contribution in [0, 0.1) is 0 Å². The maximum Gasteiger partial charge on any atom is 0.113 e. The number of allylic oxidation sites excluding steroid dienone is 6. The second-order valence-electron chi connectivity index (χ2n) is 1.50. The average Bonchev–Trinajstić information content (AvgIpc) is 1.85. The van der Waals surface area contributed by atoms with E-state index in [1.165, 1.54) is 0 Å². The van der Waals surface area contributed by atoms with Gasteiger partial charge in [-0.05, 0) is 0 Å². The van der Waals surface area contributed by atoms with Gasteiger partial charge in [0.05, 0.1) is 0 Å². The minimum atomic E-state index is 0.685. The zero-order chi connectivity index (χ0) is 7.11. The van der Waals surface area contributed by atoms with Gasteiger partial charge in [-0.15, -0.1) is 0 Å². The molecule has 1 heteroatoms. The molecule has 0 fully saturated rings. The molecule has 0 saturated heterocycles. The van der Waals surface area contributed by atoms with Gasteiger partial charge in [0.25, 0.3) is 0 Å². The molecule has 0 atom stereocenters. The summed E-state index contributed by atoms with van der Waals surface area (Å²) in [4.78, 5) is 0. The second kappa shape index (κ2) is 5.17. The van der Waals surface area contributed by atoms with Crippen molar-refractivity contribution in [3.8, 4) is 0 Å². The fourth-order valence-electron chi connectivity index (χ4n) is 0.371. The Morgan fingerprint density at radius 2 is 1.89 bits per heavy atom. The van der Waals surface area contributed by atoms with Crippen molar-refractivity contribution in [2.24, 2.45) is 0 Å². The predicted octanol–water partition coefficient (Wildman–Crippen LogP) is 1.97. The van der Waals surface area contributed by atoms with E-state index in [4.69, 9.17) is 7.85 Å². The molecule has 44 valence electrons. The van der Waals surface area contributed by atoms with Crippen LogP contribution in [0.5, 0.6) is 0 Å². The van der Waals surface area contributed by atoms with Gasteiger partial charge in [0.15, 0.2) is 0 Å². The first-order chi connectivity index (χ1) is 4.31. The summed E-state index contributed by atoms with van der Waals surface area (Å²) < 4.78 is 0. The molecule has 0 unspecified atom stereocenters. The molecule has 0 aromatic carbocycles. The van der Waals surface area contributed by atoms with Gasteiger partial charge in [0.2, 0.25) is 0 Å². The number of rotatable bonds is 3. The number of hydrogen-bond acceptors (Lipinski definition) is 0. The van der Waals surface area contributed by atoms with Gasteiger partial charge in [-0.2, -0.15) is 0 Å². The van der Waals surface area contributed by atoms with E-state index in [-0.39, 0.29) is 0 Å². The smallest absolute Gasteiger partial charge is 0.0991 e. The summed E-state index contributed by atoms with van der Waals surface area (Å²) in [5, 5.41) is 0. The Balaban J connectivity index is 3.88. The summed E-state index contributed by atoms with van der Waals surface area (Å²) in [7, 11) is 5.43. The summed E-state index contributed by atoms with van der Waals surface area (Å²) >= 11 is 0. The van der Waals surface area contributed by atoms with Crippen LogP contribution in [0.1, 0.15) is 0 Å². The molecular formula is C8H9B. The van der Waals surface area contributed by atoms with Gasteiger partial charge in [0.1, 0.15) is 7.85 Å². The standard InChI is InChI=1S/C8H9B/c1-3-5-7-8(9)6-4-2/h3-7H,1-2H2/b7-5-,8-6+. The molecule has 2 radical (unpaired) electrons. The number of hydrogen-bond donors (Lipinski definition) is 0. The molecular weight excluding hydrogens is 107 g/mol. The van der Waals surface area contributed by atoms with Crippen molar-refractivity contribution < 1.29 is 0 Å². The first kappa shape index (κ1) is 8.02. The van der Waals surface area contributed by atoms with Crippen LogP contribution in [0.3, 0.4) is 0 Å². The van der Waals surface area contributed by atoms with Gasteiger partial charge in [-0.3, -0.25) is 0 Å². The Kier molecular flexibility index (Phi) is 4.61. The summed E-state index contributed by atoms with van der Waals surface area (Å²) in [5.41, 5.74) is 0.685. The van der Waals surface area contributed by atoms with Crippen molar-refractivity contribution in [3.05, 3.63) is 49.0 Å². The zero-order valence-corrected chi connectivity index (χ0v) is 5.38. The van der Waals surface area contributed by atoms with Crippen molar-refractivity contribution in [1.82, 2.24) is 0 Å². The summed E-state index contributed by atoms with van der Waals surface area (Å²) in [5.74, 6) is 0. The molecule has 0 heterocycles. The molecule has 0 aromatic rings. The molecule has 0 amide bonds. The third-order valence-electron chi connectivity index (χ3n) is 0.735. The Morgan fingerprint density at radius 1 is 1.22 bits per heavy atom. The molecule has 9 heavy (non-hydrogen) atoms. The molecule has 0 bridgehead atoms. The highest BCUT2D eigenvalue weighted by Gasteiger charge is 1.72. The van der Waals surface area contributed by atoms with E-state index in [0.717, 1.165) is 0 Å². The van der Waals surface area contributed by atoms with Crippen LogP contribution in [0.4, 0.5) is 0 Å². The molecule has 0 aromatic heterocycles. The van der Waals surface area contributed by atoms with Crippen molar-refractivity contribution in [2.45, 2.75) is 0 Å². The molecule has 0 aliphatic rings. The van der Waals surface area contributed by atoms with Crippen molar-refractivity contribution in [3.63, 3.8) is 0 Å². The van der Waals surface area contributed by atoms with Gasteiger partial charge >= 0.3 is 0 Å². The maximum absolute atomic E-state index is 5.43. The van der Waals surface area contributed by atoms with Crippen LogP contribution in [0.15, 0.2) is 49.0 Å². The highest BCUT2D eigenvalue weighted by Crippen LogP contribution is 1.89. The average molecular weight is 116 g/mol. The first-order valence-corrected chi connectivity index (χ1v) is 2.68. The largest absolute Gasteiger partial charge is 0.113 e. The van der Waals surface area contributed by atoms with Crippen LogP contribution >= 0.6 is 0 Å². The van der Waals surface area contributed by atoms with Crippen molar-refractivity contribution in [1.29, 1.82) is 0 Å². The fourth-order valence-corrected chi connectivity index (χ4v) is 0.371. The fraction of sp³-hybridized carbons (Fsp3) is 0. The lowest BCUT2D eigenvalue weighted by molar-refractivity contribution is 1.85. The summed E-state index contributed by atoms with van der Waals surface area (Å²) in [6, 6.07) is 0. The minimum absolute atomic E-state index is 0.685. The van der Waals surface area contributed by atoms with E-state index in [9.17, 15) is 0 Å². The maximum atomic E-state index is 5.43. The highest BCUT2D eigenvalue weighted by atomic mass is 13.7. The van der Waals surface area contributed by atoms with Crippen LogP contribution in [0.25, 0.3) is 0 Å². The predicted molar refractivity (Wildman–Crippen MR) is 43.4 cm³/mol. The molecule has 0 rings (SSSR count). The van der Waals surface area contributed by atoms with Crippen LogP contribution < -0.4 is 0 Å². The van der Waals surface area contributed by atoms with E-state index in [1.54, 1.807) is 30.4 Å². The van der Waals surface area contributed by atoms with Crippen LogP contribution in [0.2, 0.25) is 0 Å². The molecule has 0 aliphatic carbocycles. The van der Waals surface area contributed by atoms with Gasteiger partial charge < -0.3 is 0 Å². The van der Waals surface area contributed by atoms with E-state index in [1.807, 2.05) is 0 Å². The van der Waals surface area contributed by atoms with E-state index in [2.05, 4.69) is 13.2 Å². The lowest BCUT2D eigenvalue weighted by atomic mass is 9.95. The van der Waals surface area contributed by atoms with Gasteiger partial charge in [-0.1, -0.05) is 49.0 Å². The quantitative estimate of drug-likeness (QED) is 0.390. The first-order valence-electron chi connectivity index (χ1n) is 2.68. The lowest BCUT2D eigenvalue weighted by Gasteiger charge is -1.83. The van der Waals surface area contributed by atoms with Gasteiger partial charge in [-0.25, -0.2) is 0 Å². The third kappa shape index (κ3) is 4.89. The highest BCUT2D eigenvalue weighted by molar-refractivity contribution is 6.23. The van der Waals surface area contributed by atoms with E-state index in [0.29, 0.717) is 5.47 Å². The molecule has 0 spiro atoms. The summed E-state index contributed by atoms with van der Waals surface area (Å²) in [6.45, 7) is 6.99. The Labute approximate surface area is 57.7 Å². The van der Waals surface area contributed by atoms with Gasteiger partial charge in [0, 0.05) is 0 Å². The molecule has 0 saturated carbocycles. The lowest BCUT2D eigenvalue weighted by Crippen LogP contribution is -1.70. The van der Waals surface area contributed by atoms with Crippen LogP contribution in [-0.4, -0.2) is 7.85 Å². The van der Waals surface area contributed by atoms with Crippen molar-refractivity contribution >= 4 is 7.85 Å². The Hall–Kier alpha value is -0.975. The molecule has 0 nitrogen and oxygen atoms in total. The monoisotopic (exact) mass is 116 g/mol. The van der Waals surface area contributed by atoms with E-state index >= 15 is 0 Å². The van der Waals surface area contributed by atoms with Crippen molar-refractivity contribution in [2.75, 3.05) is 0 Å². The zero-order valence-electron chi connectivity index (χ0n) is 5.38. The summed E-state index contributed by atoms with van der Waals surface area (Å²) in [6.07, 6.45) is 8.57. The normalized spacial score (nSPS) is 11.8. The third-order valence-corrected chi connectivity index (χ3v) is 0.735. The molecule has 0 N–H and O–H groups in total. The minimum Gasteiger partial charge on any atom is -0.0991 e. The Morgan fingerprint density at radius 3 is 2.33 bits per heavy atom. The Bertz CT molecular complexity index is 152. The topological polar surface area (TPSA) is 0 Å². The SMILES string of the molecule is [B]C(/C=C\C=C)=C/C=C. The van der Waals surface area contributed by atoms with E-state index < -0.39 is 0 Å².